The molecule has 0 aliphatic carbocycles. The lowest BCUT2D eigenvalue weighted by molar-refractivity contribution is 0.0752. The first kappa shape index (κ1) is 15.8. The van der Waals surface area contributed by atoms with E-state index >= 15 is 0 Å². The molecule has 0 radical (unpaired) electrons. The molecule has 19 heavy (non-hydrogen) atoms. The fourth-order valence-corrected chi connectivity index (χ4v) is 2.08. The number of para-hydroxylation sites is 1. The monoisotopic (exact) mass is 282 g/mol. The molecule has 0 aliphatic rings. The summed E-state index contributed by atoms with van der Waals surface area (Å²) in [6.07, 6.45) is 4.16. The predicted octanol–water partition coefficient (Wildman–Crippen LogP) is 3.96. The van der Waals surface area contributed by atoms with E-state index < -0.39 is 0 Å². The van der Waals surface area contributed by atoms with E-state index in [1.165, 1.54) is 0 Å². The standard InChI is InChI=1S/C15H23ClN2O/c1-3-5-10-18(11-6-4-2)15(19)12-8-7-9-13(16)14(12)17/h7-9H,3-6,10-11,17H2,1-2H3. The Labute approximate surface area is 120 Å². The van der Waals surface area contributed by atoms with Crippen LogP contribution in [-0.4, -0.2) is 23.9 Å². The Kier molecular flexibility index (Phi) is 6.71. The quantitative estimate of drug-likeness (QED) is 0.769. The zero-order valence-electron chi connectivity index (χ0n) is 11.8. The smallest absolute Gasteiger partial charge is 0.255 e. The topological polar surface area (TPSA) is 46.3 Å². The second-order valence-corrected chi connectivity index (χ2v) is 5.11. The van der Waals surface area contributed by atoms with Crippen molar-refractivity contribution in [1.82, 2.24) is 4.90 Å². The van der Waals surface area contributed by atoms with Crippen LogP contribution in [0.4, 0.5) is 5.69 Å². The van der Waals surface area contributed by atoms with Gasteiger partial charge in [0.2, 0.25) is 0 Å². The van der Waals surface area contributed by atoms with Crippen molar-refractivity contribution >= 4 is 23.2 Å². The molecule has 0 saturated carbocycles. The third-order valence-electron chi connectivity index (χ3n) is 3.13. The Morgan fingerprint density at radius 1 is 1.21 bits per heavy atom. The third-order valence-corrected chi connectivity index (χ3v) is 3.46. The highest BCUT2D eigenvalue weighted by molar-refractivity contribution is 6.33. The Morgan fingerprint density at radius 2 is 1.79 bits per heavy atom. The minimum Gasteiger partial charge on any atom is -0.397 e. The van der Waals surface area contributed by atoms with E-state index in [-0.39, 0.29) is 5.91 Å². The van der Waals surface area contributed by atoms with Gasteiger partial charge in [-0.15, -0.1) is 0 Å². The van der Waals surface area contributed by atoms with Crippen LogP contribution in [0, 0.1) is 0 Å². The average molecular weight is 283 g/mol. The number of halogens is 1. The van der Waals surface area contributed by atoms with Crippen LogP contribution in [0.3, 0.4) is 0 Å². The van der Waals surface area contributed by atoms with Crippen molar-refractivity contribution in [2.45, 2.75) is 39.5 Å². The number of rotatable bonds is 7. The average Bonchev–Trinajstić information content (AvgIpc) is 2.41. The molecule has 0 heterocycles. The number of carbonyl (C=O) groups excluding carboxylic acids is 1. The number of nitrogens with two attached hydrogens (primary N) is 1. The number of hydrogen-bond donors (Lipinski definition) is 1. The van der Waals surface area contributed by atoms with E-state index in [2.05, 4.69) is 13.8 Å². The van der Waals surface area contributed by atoms with Gasteiger partial charge in [-0.2, -0.15) is 0 Å². The van der Waals surface area contributed by atoms with Crippen molar-refractivity contribution < 1.29 is 4.79 Å². The summed E-state index contributed by atoms with van der Waals surface area (Å²) in [5, 5.41) is 0.441. The Morgan fingerprint density at radius 3 is 2.32 bits per heavy atom. The molecular weight excluding hydrogens is 260 g/mol. The minimum atomic E-state index is -0.0121. The highest BCUT2D eigenvalue weighted by Gasteiger charge is 2.18. The molecule has 0 saturated heterocycles. The van der Waals surface area contributed by atoms with Gasteiger partial charge in [-0.3, -0.25) is 4.79 Å². The van der Waals surface area contributed by atoms with Gasteiger partial charge in [-0.1, -0.05) is 44.4 Å². The molecule has 106 valence electrons. The fourth-order valence-electron chi connectivity index (χ4n) is 1.91. The minimum absolute atomic E-state index is 0.0121. The SMILES string of the molecule is CCCCN(CCCC)C(=O)c1cccc(Cl)c1N. The van der Waals surface area contributed by atoms with Crippen LogP contribution < -0.4 is 5.73 Å². The number of nitrogens with zero attached hydrogens (tertiary/aromatic N) is 1. The molecule has 1 amide bonds. The van der Waals surface area contributed by atoms with E-state index in [0.29, 0.717) is 16.3 Å². The van der Waals surface area contributed by atoms with Crippen LogP contribution in [0.5, 0.6) is 0 Å². The first-order chi connectivity index (χ1) is 9.11. The zero-order valence-corrected chi connectivity index (χ0v) is 12.5. The third kappa shape index (κ3) is 4.43. The highest BCUT2D eigenvalue weighted by atomic mass is 35.5. The summed E-state index contributed by atoms with van der Waals surface area (Å²) in [5.74, 6) is -0.0121. The summed E-state index contributed by atoms with van der Waals surface area (Å²) in [4.78, 5) is 14.4. The van der Waals surface area contributed by atoms with Crippen molar-refractivity contribution in [3.63, 3.8) is 0 Å². The Bertz CT molecular complexity index is 413. The van der Waals surface area contributed by atoms with E-state index in [1.54, 1.807) is 18.2 Å². The lowest BCUT2D eigenvalue weighted by Gasteiger charge is -2.23. The Hall–Kier alpha value is -1.22. The number of benzene rings is 1. The van der Waals surface area contributed by atoms with Crippen molar-refractivity contribution in [1.29, 1.82) is 0 Å². The van der Waals surface area contributed by atoms with Gasteiger partial charge < -0.3 is 10.6 Å². The zero-order chi connectivity index (χ0) is 14.3. The lowest BCUT2D eigenvalue weighted by Crippen LogP contribution is -2.33. The molecule has 0 aliphatic heterocycles. The molecule has 0 unspecified atom stereocenters. The van der Waals surface area contributed by atoms with E-state index in [1.807, 2.05) is 4.90 Å². The molecule has 1 aromatic rings. The maximum Gasteiger partial charge on any atom is 0.255 e. The van der Waals surface area contributed by atoms with E-state index in [9.17, 15) is 4.79 Å². The van der Waals surface area contributed by atoms with Crippen molar-refractivity contribution in [2.75, 3.05) is 18.8 Å². The summed E-state index contributed by atoms with van der Waals surface area (Å²) in [6.45, 7) is 5.80. The molecule has 0 spiro atoms. The summed E-state index contributed by atoms with van der Waals surface area (Å²) in [7, 11) is 0. The second kappa shape index (κ2) is 8.05. The molecule has 4 heteroatoms. The van der Waals surface area contributed by atoms with Crippen LogP contribution in [0.2, 0.25) is 5.02 Å². The van der Waals surface area contributed by atoms with Gasteiger partial charge in [0.1, 0.15) is 0 Å². The van der Waals surface area contributed by atoms with Gasteiger partial charge in [0, 0.05) is 13.1 Å². The van der Waals surface area contributed by atoms with E-state index in [4.69, 9.17) is 17.3 Å². The van der Waals surface area contributed by atoms with Gasteiger partial charge in [0.15, 0.2) is 0 Å². The normalized spacial score (nSPS) is 10.5. The van der Waals surface area contributed by atoms with Crippen LogP contribution in [0.1, 0.15) is 49.9 Å². The van der Waals surface area contributed by atoms with Crippen molar-refractivity contribution in [3.8, 4) is 0 Å². The van der Waals surface area contributed by atoms with Gasteiger partial charge in [-0.25, -0.2) is 0 Å². The lowest BCUT2D eigenvalue weighted by atomic mass is 10.1. The number of nitrogen functional groups attached to an aromatic ring is 1. The number of anilines is 1. The summed E-state index contributed by atoms with van der Waals surface area (Å²) in [6, 6.07) is 5.22. The summed E-state index contributed by atoms with van der Waals surface area (Å²) < 4.78 is 0. The first-order valence-electron chi connectivity index (χ1n) is 6.95. The largest absolute Gasteiger partial charge is 0.397 e. The predicted molar refractivity (Wildman–Crippen MR) is 81.6 cm³/mol. The highest BCUT2D eigenvalue weighted by Crippen LogP contribution is 2.23. The number of carbonyl (C=O) groups is 1. The molecule has 0 atom stereocenters. The molecule has 0 aromatic heterocycles. The molecule has 1 rings (SSSR count). The van der Waals surface area contributed by atoms with Crippen LogP contribution in [0.15, 0.2) is 18.2 Å². The van der Waals surface area contributed by atoms with Crippen molar-refractivity contribution in [2.24, 2.45) is 0 Å². The number of amides is 1. The van der Waals surface area contributed by atoms with Crippen molar-refractivity contribution in [3.05, 3.63) is 28.8 Å². The maximum absolute atomic E-state index is 12.5. The molecule has 0 fully saturated rings. The second-order valence-electron chi connectivity index (χ2n) is 4.70. The number of hydrogen-bond acceptors (Lipinski definition) is 2. The Balaban J connectivity index is 2.87. The molecule has 1 aromatic carbocycles. The van der Waals surface area contributed by atoms with Crippen LogP contribution >= 0.6 is 11.6 Å². The van der Waals surface area contributed by atoms with Crippen LogP contribution in [0.25, 0.3) is 0 Å². The van der Waals surface area contributed by atoms with Crippen LogP contribution in [-0.2, 0) is 0 Å². The molecule has 0 bridgehead atoms. The summed E-state index contributed by atoms with van der Waals surface area (Å²) in [5.41, 5.74) is 6.79. The molecule has 3 nitrogen and oxygen atoms in total. The molecular formula is C15H23ClN2O. The first-order valence-corrected chi connectivity index (χ1v) is 7.32. The van der Waals surface area contributed by atoms with Gasteiger partial charge in [-0.05, 0) is 25.0 Å². The maximum atomic E-state index is 12.5. The summed E-state index contributed by atoms with van der Waals surface area (Å²) >= 11 is 5.98. The van der Waals surface area contributed by atoms with Gasteiger partial charge in [0.05, 0.1) is 16.3 Å². The number of unbranched alkanes of at least 4 members (excludes halogenated alkanes) is 2. The van der Waals surface area contributed by atoms with Gasteiger partial charge >= 0.3 is 0 Å². The van der Waals surface area contributed by atoms with E-state index in [0.717, 1.165) is 38.8 Å². The fraction of sp³-hybridized carbons (Fsp3) is 0.533. The molecule has 2 N–H and O–H groups in total. The van der Waals surface area contributed by atoms with Gasteiger partial charge in [0.25, 0.3) is 5.91 Å².